The van der Waals surface area contributed by atoms with Gasteiger partial charge in [-0.1, -0.05) is 38.1 Å². The second-order valence-electron chi connectivity index (χ2n) is 6.10. The molecule has 118 valence electrons. The molecule has 0 unspecified atom stereocenters. The normalized spacial score (nSPS) is 13.8. The molecule has 0 spiro atoms. The number of nitrogens with one attached hydrogen (secondary N) is 1. The van der Waals surface area contributed by atoms with Crippen molar-refractivity contribution in [3.05, 3.63) is 47.5 Å². The summed E-state index contributed by atoms with van der Waals surface area (Å²) >= 11 is 0. The SMILES string of the molecule is CC(C)CNC(=O)CN1C(=O)c2cccc3cccc(c23)C1=O. The summed E-state index contributed by atoms with van der Waals surface area (Å²) < 4.78 is 0. The third-order valence-electron chi connectivity index (χ3n) is 3.87. The number of benzene rings is 2. The number of hydrogen-bond acceptors (Lipinski definition) is 3. The molecular weight excluding hydrogens is 292 g/mol. The lowest BCUT2D eigenvalue weighted by molar-refractivity contribution is -0.121. The van der Waals surface area contributed by atoms with Gasteiger partial charge in [0.25, 0.3) is 11.8 Å². The van der Waals surface area contributed by atoms with Crippen LogP contribution in [-0.4, -0.2) is 35.7 Å². The fourth-order valence-corrected chi connectivity index (χ4v) is 2.74. The average molecular weight is 310 g/mol. The van der Waals surface area contributed by atoms with Crippen molar-refractivity contribution >= 4 is 28.5 Å². The summed E-state index contributed by atoms with van der Waals surface area (Å²) in [6.45, 7) is 4.22. The van der Waals surface area contributed by atoms with Crippen molar-refractivity contribution in [3.63, 3.8) is 0 Å². The van der Waals surface area contributed by atoms with Crippen LogP contribution in [0, 0.1) is 5.92 Å². The molecule has 3 amide bonds. The first-order valence-electron chi connectivity index (χ1n) is 7.63. The highest BCUT2D eigenvalue weighted by atomic mass is 16.2. The number of rotatable bonds is 4. The van der Waals surface area contributed by atoms with E-state index in [2.05, 4.69) is 5.32 Å². The first-order valence-corrected chi connectivity index (χ1v) is 7.63. The molecule has 0 saturated heterocycles. The molecule has 0 radical (unpaired) electrons. The highest BCUT2D eigenvalue weighted by molar-refractivity contribution is 6.26. The lowest BCUT2D eigenvalue weighted by atomic mass is 9.94. The standard InChI is InChI=1S/C18H18N2O3/c1-11(2)9-19-15(21)10-20-17(22)13-7-3-5-12-6-4-8-14(16(12)13)18(20)23/h3-8,11H,9-10H2,1-2H3,(H,19,21). The third-order valence-corrected chi connectivity index (χ3v) is 3.87. The van der Waals surface area contributed by atoms with Gasteiger partial charge < -0.3 is 5.32 Å². The Kier molecular flexibility index (Phi) is 3.86. The lowest BCUT2D eigenvalue weighted by Crippen LogP contribution is -2.46. The largest absolute Gasteiger partial charge is 0.354 e. The Morgan fingerprint density at radius 1 is 1.04 bits per heavy atom. The molecule has 2 aromatic rings. The van der Waals surface area contributed by atoms with Gasteiger partial charge in [0.15, 0.2) is 0 Å². The van der Waals surface area contributed by atoms with Gasteiger partial charge in [-0.05, 0) is 23.4 Å². The van der Waals surface area contributed by atoms with Crippen molar-refractivity contribution in [2.45, 2.75) is 13.8 Å². The number of hydrogen-bond donors (Lipinski definition) is 1. The maximum Gasteiger partial charge on any atom is 0.261 e. The maximum atomic E-state index is 12.6. The van der Waals surface area contributed by atoms with E-state index in [0.29, 0.717) is 29.0 Å². The average Bonchev–Trinajstić information content (AvgIpc) is 2.54. The Bertz CT molecular complexity index is 760. The third kappa shape index (κ3) is 2.70. The summed E-state index contributed by atoms with van der Waals surface area (Å²) in [7, 11) is 0. The van der Waals surface area contributed by atoms with Gasteiger partial charge >= 0.3 is 0 Å². The quantitative estimate of drug-likeness (QED) is 0.881. The second-order valence-corrected chi connectivity index (χ2v) is 6.10. The summed E-state index contributed by atoms with van der Waals surface area (Å²) in [5.74, 6) is -0.855. The first kappa shape index (κ1) is 15.2. The number of imide groups is 1. The van der Waals surface area contributed by atoms with Crippen molar-refractivity contribution in [2.24, 2.45) is 5.92 Å². The van der Waals surface area contributed by atoms with Gasteiger partial charge in [0.2, 0.25) is 5.91 Å². The minimum Gasteiger partial charge on any atom is -0.354 e. The Balaban J connectivity index is 1.93. The Morgan fingerprint density at radius 2 is 1.61 bits per heavy atom. The van der Waals surface area contributed by atoms with Crippen molar-refractivity contribution < 1.29 is 14.4 Å². The zero-order valence-electron chi connectivity index (χ0n) is 13.1. The zero-order valence-corrected chi connectivity index (χ0v) is 13.1. The lowest BCUT2D eigenvalue weighted by Gasteiger charge is -2.26. The van der Waals surface area contributed by atoms with Crippen LogP contribution < -0.4 is 5.32 Å². The molecule has 0 bridgehead atoms. The molecule has 0 atom stereocenters. The van der Waals surface area contributed by atoms with E-state index in [-0.39, 0.29) is 12.5 Å². The molecule has 1 N–H and O–H groups in total. The van der Waals surface area contributed by atoms with Crippen LogP contribution in [0.1, 0.15) is 34.6 Å². The predicted molar refractivity (Wildman–Crippen MR) is 87.2 cm³/mol. The summed E-state index contributed by atoms with van der Waals surface area (Å²) in [5, 5.41) is 4.26. The molecular formula is C18H18N2O3. The van der Waals surface area contributed by atoms with E-state index in [9.17, 15) is 14.4 Å². The van der Waals surface area contributed by atoms with Crippen LogP contribution in [-0.2, 0) is 4.79 Å². The van der Waals surface area contributed by atoms with E-state index in [0.717, 1.165) is 10.3 Å². The molecule has 0 aliphatic carbocycles. The monoisotopic (exact) mass is 310 g/mol. The van der Waals surface area contributed by atoms with Gasteiger partial charge in [-0.2, -0.15) is 0 Å². The Hall–Kier alpha value is -2.69. The van der Waals surface area contributed by atoms with Gasteiger partial charge in [-0.3, -0.25) is 19.3 Å². The molecule has 1 aliphatic heterocycles. The molecule has 0 aromatic heterocycles. The summed E-state index contributed by atoms with van der Waals surface area (Å²) in [6, 6.07) is 10.7. The summed E-state index contributed by atoms with van der Waals surface area (Å²) in [5.41, 5.74) is 0.934. The summed E-state index contributed by atoms with van der Waals surface area (Å²) in [6.07, 6.45) is 0. The molecule has 5 nitrogen and oxygen atoms in total. The fourth-order valence-electron chi connectivity index (χ4n) is 2.74. The second kappa shape index (κ2) is 5.83. The van der Waals surface area contributed by atoms with Gasteiger partial charge in [-0.15, -0.1) is 0 Å². The van der Waals surface area contributed by atoms with Gasteiger partial charge in [0, 0.05) is 23.1 Å². The van der Waals surface area contributed by atoms with Crippen LogP contribution in [0.25, 0.3) is 10.8 Å². The molecule has 1 heterocycles. The van der Waals surface area contributed by atoms with E-state index < -0.39 is 11.8 Å². The van der Waals surface area contributed by atoms with Crippen molar-refractivity contribution in [1.29, 1.82) is 0 Å². The van der Waals surface area contributed by atoms with Gasteiger partial charge in [0.1, 0.15) is 6.54 Å². The maximum absolute atomic E-state index is 12.6. The number of nitrogens with zero attached hydrogens (tertiary/aromatic N) is 1. The minimum absolute atomic E-state index is 0.255. The highest BCUT2D eigenvalue weighted by Gasteiger charge is 2.33. The number of amides is 3. The smallest absolute Gasteiger partial charge is 0.261 e. The van der Waals surface area contributed by atoms with Crippen LogP contribution in [0.15, 0.2) is 36.4 Å². The summed E-state index contributed by atoms with van der Waals surface area (Å²) in [4.78, 5) is 38.2. The van der Waals surface area contributed by atoms with E-state index in [1.165, 1.54) is 0 Å². The van der Waals surface area contributed by atoms with Gasteiger partial charge in [0.05, 0.1) is 0 Å². The van der Waals surface area contributed by atoms with E-state index >= 15 is 0 Å². The van der Waals surface area contributed by atoms with E-state index in [4.69, 9.17) is 0 Å². The van der Waals surface area contributed by atoms with E-state index in [1.807, 2.05) is 26.0 Å². The van der Waals surface area contributed by atoms with E-state index in [1.54, 1.807) is 24.3 Å². The van der Waals surface area contributed by atoms with Crippen LogP contribution >= 0.6 is 0 Å². The van der Waals surface area contributed by atoms with Crippen molar-refractivity contribution in [3.8, 4) is 0 Å². The Labute approximate surface area is 134 Å². The van der Waals surface area contributed by atoms with Crippen LogP contribution in [0.4, 0.5) is 0 Å². The molecule has 5 heteroatoms. The van der Waals surface area contributed by atoms with Crippen molar-refractivity contribution in [1.82, 2.24) is 10.2 Å². The topological polar surface area (TPSA) is 66.5 Å². The van der Waals surface area contributed by atoms with Crippen LogP contribution in [0.3, 0.4) is 0 Å². The number of carbonyl (C=O) groups is 3. The van der Waals surface area contributed by atoms with Crippen LogP contribution in [0.5, 0.6) is 0 Å². The minimum atomic E-state index is -0.418. The molecule has 2 aromatic carbocycles. The predicted octanol–water partition coefficient (Wildman–Crippen LogP) is 2.21. The van der Waals surface area contributed by atoms with Crippen molar-refractivity contribution in [2.75, 3.05) is 13.1 Å². The Morgan fingerprint density at radius 3 is 2.13 bits per heavy atom. The zero-order chi connectivity index (χ0) is 16.6. The molecule has 3 rings (SSSR count). The van der Waals surface area contributed by atoms with Gasteiger partial charge in [-0.25, -0.2) is 0 Å². The molecule has 0 saturated carbocycles. The molecule has 1 aliphatic rings. The fraction of sp³-hybridized carbons (Fsp3) is 0.278. The first-order chi connectivity index (χ1) is 11.0. The number of carbonyl (C=O) groups excluding carboxylic acids is 3. The van der Waals surface area contributed by atoms with Crippen LogP contribution in [0.2, 0.25) is 0 Å². The highest BCUT2D eigenvalue weighted by Crippen LogP contribution is 2.29. The molecule has 0 fully saturated rings. The molecule has 23 heavy (non-hydrogen) atoms.